The minimum Gasteiger partial charge on any atom is -0.394 e. The molecule has 0 bridgehead atoms. The van der Waals surface area contributed by atoms with Gasteiger partial charge < -0.3 is 64.9 Å². The summed E-state index contributed by atoms with van der Waals surface area (Å²) in [5.41, 5.74) is -0.153. The van der Waals surface area contributed by atoms with Crippen LogP contribution in [-0.4, -0.2) is 138 Å². The second kappa shape index (κ2) is 15.8. The molecule has 0 unspecified atom stereocenters. The van der Waals surface area contributed by atoms with Gasteiger partial charge in [-0.3, -0.25) is 0 Å². The highest BCUT2D eigenvalue weighted by Crippen LogP contribution is 2.73. The zero-order chi connectivity index (χ0) is 39.7. The SMILES string of the molecule is CC(C)=CCC[C@](C)(O)[C@H]1CC[C@]2(C)[C@@H]1[C@H](O)C[C@@H]1[C@@H]3CC[C@@H](O[C@@H]4O[C@H](CO)[C@@H](O)[C@H](O)[C@H]4O[C@@H]4O[C@H](CO)[C@@H](O)[C@H](O)[C@H]4O)C(C)(C)[C@H]3CC[C@]12C. The fraction of sp³-hybridized carbons (Fsp3) is 0.951. The molecule has 13 heteroatoms. The molecule has 6 rings (SSSR count). The summed E-state index contributed by atoms with van der Waals surface area (Å²) in [6.45, 7) is 14.1. The number of fused-ring (bicyclic) bond motifs is 5. The first-order chi connectivity index (χ1) is 25.2. The molecule has 20 atom stereocenters. The molecule has 4 aliphatic carbocycles. The molecule has 0 radical (unpaired) electrons. The minimum atomic E-state index is -1.75. The highest BCUT2D eigenvalue weighted by molar-refractivity contribution is 5.18. The van der Waals surface area contributed by atoms with Crippen molar-refractivity contribution >= 4 is 0 Å². The molecule has 312 valence electrons. The number of ether oxygens (including phenoxy) is 4. The van der Waals surface area contributed by atoms with Crippen LogP contribution in [0.4, 0.5) is 0 Å². The Morgan fingerprint density at radius 2 is 1.35 bits per heavy atom. The van der Waals surface area contributed by atoms with Crippen LogP contribution in [0, 0.1) is 45.8 Å². The van der Waals surface area contributed by atoms with Crippen LogP contribution in [0.1, 0.15) is 106 Å². The van der Waals surface area contributed by atoms with Crippen molar-refractivity contribution in [3.05, 3.63) is 11.6 Å². The van der Waals surface area contributed by atoms with Gasteiger partial charge in [0.25, 0.3) is 0 Å². The van der Waals surface area contributed by atoms with Gasteiger partial charge in [-0.25, -0.2) is 0 Å². The van der Waals surface area contributed by atoms with E-state index in [1.54, 1.807) is 0 Å². The zero-order valence-electron chi connectivity index (χ0n) is 33.3. The van der Waals surface area contributed by atoms with Crippen LogP contribution in [-0.2, 0) is 18.9 Å². The maximum Gasteiger partial charge on any atom is 0.187 e. The number of allylic oxidation sites excluding steroid dienone is 2. The monoisotopic (exact) mass is 770 g/mol. The molecule has 0 aromatic carbocycles. The molecular weight excluding hydrogens is 700 g/mol. The third-order valence-corrected chi connectivity index (χ3v) is 16.0. The van der Waals surface area contributed by atoms with Crippen molar-refractivity contribution in [2.45, 2.75) is 185 Å². The minimum absolute atomic E-state index is 0.0159. The number of aliphatic hydroxyl groups is 9. The Morgan fingerprint density at radius 3 is 1.98 bits per heavy atom. The third kappa shape index (κ3) is 7.17. The van der Waals surface area contributed by atoms with E-state index in [1.165, 1.54) is 5.57 Å². The molecule has 2 saturated heterocycles. The summed E-state index contributed by atoms with van der Waals surface area (Å²) in [6.07, 6.45) is -6.24. The quantitative estimate of drug-likeness (QED) is 0.114. The second-order valence-electron chi connectivity index (χ2n) is 19.4. The van der Waals surface area contributed by atoms with Crippen LogP contribution in [0.15, 0.2) is 11.6 Å². The molecule has 9 N–H and O–H groups in total. The Labute approximate surface area is 320 Å². The maximum atomic E-state index is 12.1. The molecule has 13 nitrogen and oxygen atoms in total. The molecule has 2 heterocycles. The Morgan fingerprint density at radius 1 is 0.741 bits per heavy atom. The molecular formula is C41H70O13. The number of rotatable bonds is 10. The molecule has 0 spiro atoms. The Hall–Kier alpha value is -0.780. The fourth-order valence-electron chi connectivity index (χ4n) is 12.6. The van der Waals surface area contributed by atoms with Gasteiger partial charge in [0.2, 0.25) is 0 Å². The van der Waals surface area contributed by atoms with Crippen molar-refractivity contribution in [1.82, 2.24) is 0 Å². The average Bonchev–Trinajstić information content (AvgIpc) is 3.50. The van der Waals surface area contributed by atoms with Crippen LogP contribution in [0.25, 0.3) is 0 Å². The number of hydrogen-bond donors (Lipinski definition) is 9. The van der Waals surface area contributed by atoms with Crippen LogP contribution in [0.2, 0.25) is 0 Å². The van der Waals surface area contributed by atoms with Crippen LogP contribution >= 0.6 is 0 Å². The van der Waals surface area contributed by atoms with Gasteiger partial charge in [-0.05, 0) is 124 Å². The molecule has 6 aliphatic rings. The predicted molar refractivity (Wildman–Crippen MR) is 196 cm³/mol. The van der Waals surface area contributed by atoms with E-state index in [9.17, 15) is 46.0 Å². The molecule has 6 fully saturated rings. The second-order valence-corrected chi connectivity index (χ2v) is 19.4. The lowest BCUT2D eigenvalue weighted by molar-refractivity contribution is -0.377. The normalized spacial score (nSPS) is 51.4. The van der Waals surface area contributed by atoms with E-state index in [0.29, 0.717) is 25.2 Å². The van der Waals surface area contributed by atoms with Gasteiger partial charge in [0.15, 0.2) is 12.6 Å². The van der Waals surface area contributed by atoms with Gasteiger partial charge in [0.1, 0.15) is 48.8 Å². The van der Waals surface area contributed by atoms with Gasteiger partial charge in [-0.15, -0.1) is 0 Å². The molecule has 0 amide bonds. The highest BCUT2D eigenvalue weighted by Gasteiger charge is 2.69. The van der Waals surface area contributed by atoms with E-state index < -0.39 is 91.7 Å². The average molecular weight is 771 g/mol. The number of hydrogen-bond acceptors (Lipinski definition) is 13. The Kier molecular flexibility index (Phi) is 12.5. The molecule has 4 saturated carbocycles. The van der Waals surface area contributed by atoms with E-state index in [1.807, 2.05) is 6.92 Å². The van der Waals surface area contributed by atoms with Gasteiger partial charge in [-0.1, -0.05) is 39.3 Å². The van der Waals surface area contributed by atoms with Gasteiger partial charge in [-0.2, -0.15) is 0 Å². The summed E-state index contributed by atoms with van der Waals surface area (Å²) < 4.78 is 24.2. The summed E-state index contributed by atoms with van der Waals surface area (Å²) in [5, 5.41) is 97.0. The van der Waals surface area contributed by atoms with Crippen molar-refractivity contribution in [2.75, 3.05) is 13.2 Å². The fourth-order valence-corrected chi connectivity index (χ4v) is 12.6. The summed E-state index contributed by atoms with van der Waals surface area (Å²) in [4.78, 5) is 0. The van der Waals surface area contributed by atoms with Gasteiger partial charge in [0, 0.05) is 0 Å². The van der Waals surface area contributed by atoms with Crippen molar-refractivity contribution in [2.24, 2.45) is 45.8 Å². The van der Waals surface area contributed by atoms with E-state index in [4.69, 9.17) is 18.9 Å². The van der Waals surface area contributed by atoms with E-state index in [0.717, 1.165) is 38.5 Å². The van der Waals surface area contributed by atoms with Crippen LogP contribution in [0.3, 0.4) is 0 Å². The van der Waals surface area contributed by atoms with Gasteiger partial charge >= 0.3 is 0 Å². The smallest absolute Gasteiger partial charge is 0.187 e. The molecule has 54 heavy (non-hydrogen) atoms. The van der Waals surface area contributed by atoms with E-state index in [2.05, 4.69) is 47.6 Å². The first-order valence-electron chi connectivity index (χ1n) is 20.5. The standard InChI is InChI=1S/C41H70O13/c1-20(2)9-8-14-41(7,50)23-13-16-40(6)29(23)25(44)17-24-21-10-11-28(38(3,4)22(21)12-15-39(24,40)5)53-37-35(33(48)31(46)27(19-43)52-37)54-36-34(49)32(47)30(45)26(18-42)51-36/h9,21-37,42-50H,8,10-19H2,1-7H3/t21-,22+,23+,24-,25-,26-,27-,28-,29+,30-,31-,32+,33+,34-,35-,36+,37+,39-,40-,41+/m1/s1. The lowest BCUT2D eigenvalue weighted by Crippen LogP contribution is -2.66. The van der Waals surface area contributed by atoms with E-state index >= 15 is 0 Å². The lowest BCUT2D eigenvalue weighted by Gasteiger charge is -2.67. The van der Waals surface area contributed by atoms with E-state index in [-0.39, 0.29) is 40.6 Å². The summed E-state index contributed by atoms with van der Waals surface area (Å²) in [5.74, 6) is 0.906. The first kappa shape index (κ1) is 42.8. The number of aliphatic hydroxyl groups excluding tert-OH is 8. The predicted octanol–water partition coefficient (Wildman–Crippen LogP) is 1.76. The van der Waals surface area contributed by atoms with Crippen molar-refractivity contribution in [1.29, 1.82) is 0 Å². The molecule has 0 aromatic heterocycles. The van der Waals surface area contributed by atoms with Crippen LogP contribution in [0.5, 0.6) is 0 Å². The summed E-state index contributed by atoms with van der Waals surface area (Å²) >= 11 is 0. The molecule has 2 aliphatic heterocycles. The zero-order valence-corrected chi connectivity index (χ0v) is 33.3. The van der Waals surface area contributed by atoms with Crippen molar-refractivity contribution in [3.8, 4) is 0 Å². The Bertz CT molecular complexity index is 1320. The maximum absolute atomic E-state index is 12.1. The van der Waals surface area contributed by atoms with Gasteiger partial charge in [0.05, 0.1) is 31.0 Å². The summed E-state index contributed by atoms with van der Waals surface area (Å²) in [7, 11) is 0. The lowest BCUT2D eigenvalue weighted by atomic mass is 9.39. The largest absolute Gasteiger partial charge is 0.394 e. The van der Waals surface area contributed by atoms with Crippen LogP contribution < -0.4 is 0 Å². The van der Waals surface area contributed by atoms with Crippen molar-refractivity contribution < 1.29 is 64.9 Å². The van der Waals surface area contributed by atoms with Crippen molar-refractivity contribution in [3.63, 3.8) is 0 Å². The summed E-state index contributed by atoms with van der Waals surface area (Å²) in [6, 6.07) is 0. The Balaban J connectivity index is 1.20. The highest BCUT2D eigenvalue weighted by atomic mass is 16.8. The topological polar surface area (TPSA) is 219 Å². The first-order valence-corrected chi connectivity index (χ1v) is 20.5. The molecule has 0 aromatic rings. The third-order valence-electron chi connectivity index (χ3n) is 16.0.